The number of hydrogen-bond acceptors (Lipinski definition) is 3. The van der Waals surface area contributed by atoms with Crippen LogP contribution >= 0.6 is 11.6 Å². The van der Waals surface area contributed by atoms with Gasteiger partial charge in [0.05, 0.1) is 11.0 Å². The van der Waals surface area contributed by atoms with E-state index in [-0.39, 0.29) is 5.91 Å². The van der Waals surface area contributed by atoms with E-state index in [0.29, 0.717) is 22.1 Å². The van der Waals surface area contributed by atoms with Crippen LogP contribution in [0.4, 0.5) is 0 Å². The van der Waals surface area contributed by atoms with Gasteiger partial charge in [-0.1, -0.05) is 23.7 Å². The summed E-state index contributed by atoms with van der Waals surface area (Å²) in [5.41, 5.74) is 5.65. The van der Waals surface area contributed by atoms with Crippen LogP contribution in [0, 0.1) is 13.8 Å². The zero-order valence-corrected chi connectivity index (χ0v) is 13.7. The molecule has 0 bridgehead atoms. The van der Waals surface area contributed by atoms with Crippen molar-refractivity contribution in [1.82, 2.24) is 10.9 Å². The number of nitrogens with one attached hydrogen (secondary N) is 2. The highest BCUT2D eigenvalue weighted by Crippen LogP contribution is 2.48. The fourth-order valence-corrected chi connectivity index (χ4v) is 2.91. The molecule has 2 N–H and O–H groups in total. The Morgan fingerprint density at radius 2 is 1.91 bits per heavy atom. The maximum absolute atomic E-state index is 12.5. The second kappa shape index (κ2) is 5.74. The molecule has 1 fully saturated rings. The van der Waals surface area contributed by atoms with Crippen LogP contribution in [0.25, 0.3) is 0 Å². The lowest BCUT2D eigenvalue weighted by atomic mass is 9.95. The zero-order chi connectivity index (χ0) is 16.6. The number of hydrazine groups is 1. The maximum Gasteiger partial charge on any atom is 0.273 e. The second-order valence-electron chi connectivity index (χ2n) is 5.83. The van der Waals surface area contributed by atoms with Crippen molar-refractivity contribution in [1.29, 1.82) is 0 Å². The largest absolute Gasteiger partial charge is 0.466 e. The summed E-state index contributed by atoms with van der Waals surface area (Å²) < 4.78 is 5.32. The minimum Gasteiger partial charge on any atom is -0.466 e. The molecule has 1 heterocycles. The third-order valence-electron chi connectivity index (χ3n) is 4.14. The topological polar surface area (TPSA) is 71.3 Å². The Bertz CT molecular complexity index is 778. The van der Waals surface area contributed by atoms with E-state index in [1.54, 1.807) is 32.0 Å². The first-order chi connectivity index (χ1) is 10.9. The van der Waals surface area contributed by atoms with Gasteiger partial charge in [-0.15, -0.1) is 0 Å². The number of furan rings is 1. The second-order valence-corrected chi connectivity index (χ2v) is 6.26. The van der Waals surface area contributed by atoms with Gasteiger partial charge >= 0.3 is 0 Å². The van der Waals surface area contributed by atoms with Crippen molar-refractivity contribution in [3.05, 3.63) is 58.0 Å². The predicted octanol–water partition coefficient (Wildman–Crippen LogP) is 3.04. The van der Waals surface area contributed by atoms with Crippen LogP contribution in [-0.2, 0) is 10.2 Å². The van der Waals surface area contributed by atoms with Gasteiger partial charge in [-0.3, -0.25) is 20.4 Å². The highest BCUT2D eigenvalue weighted by Gasteiger charge is 2.51. The average Bonchev–Trinajstić information content (AvgIpc) is 3.25. The summed E-state index contributed by atoms with van der Waals surface area (Å²) >= 11 is 6.00. The molecule has 1 aliphatic rings. The third-order valence-corrected chi connectivity index (χ3v) is 4.37. The Kier molecular flexibility index (Phi) is 3.90. The van der Waals surface area contributed by atoms with Crippen LogP contribution < -0.4 is 10.9 Å². The number of benzene rings is 1. The number of carbonyl (C=O) groups excluding carboxylic acids is 2. The summed E-state index contributed by atoms with van der Waals surface area (Å²) in [7, 11) is 0. The Balaban J connectivity index is 1.68. The van der Waals surface area contributed by atoms with Crippen LogP contribution in [0.15, 0.2) is 34.7 Å². The number of rotatable bonds is 3. The van der Waals surface area contributed by atoms with Crippen LogP contribution in [0.3, 0.4) is 0 Å². The van der Waals surface area contributed by atoms with Gasteiger partial charge in [0.25, 0.3) is 5.91 Å². The highest BCUT2D eigenvalue weighted by molar-refractivity contribution is 6.30. The van der Waals surface area contributed by atoms with Crippen molar-refractivity contribution in [2.75, 3.05) is 0 Å². The molecular weight excluding hydrogens is 316 g/mol. The van der Waals surface area contributed by atoms with Gasteiger partial charge in [-0.05, 0) is 50.5 Å². The Morgan fingerprint density at radius 1 is 1.17 bits per heavy atom. The molecule has 0 saturated heterocycles. The van der Waals surface area contributed by atoms with Crippen molar-refractivity contribution < 1.29 is 14.0 Å². The molecule has 1 aromatic carbocycles. The number of carbonyl (C=O) groups is 2. The molecule has 3 rings (SSSR count). The molecule has 120 valence electrons. The van der Waals surface area contributed by atoms with E-state index in [2.05, 4.69) is 10.9 Å². The lowest BCUT2D eigenvalue weighted by Gasteiger charge is -2.16. The van der Waals surface area contributed by atoms with E-state index in [4.69, 9.17) is 16.0 Å². The predicted molar refractivity (Wildman–Crippen MR) is 86.2 cm³/mol. The molecule has 0 aliphatic heterocycles. The Labute approximate surface area is 139 Å². The van der Waals surface area contributed by atoms with E-state index < -0.39 is 11.3 Å². The van der Waals surface area contributed by atoms with Crippen molar-refractivity contribution in [3.63, 3.8) is 0 Å². The smallest absolute Gasteiger partial charge is 0.273 e. The highest BCUT2D eigenvalue weighted by atomic mass is 35.5. The molecule has 1 aromatic heterocycles. The van der Waals surface area contributed by atoms with Gasteiger partial charge < -0.3 is 4.42 Å². The zero-order valence-electron chi connectivity index (χ0n) is 12.9. The fourth-order valence-electron chi connectivity index (χ4n) is 2.71. The summed E-state index contributed by atoms with van der Waals surface area (Å²) in [5, 5.41) is 0.593. The normalized spacial score (nSPS) is 15.1. The first-order valence-electron chi connectivity index (χ1n) is 7.36. The third kappa shape index (κ3) is 2.97. The number of halogens is 1. The quantitative estimate of drug-likeness (QED) is 0.849. The average molecular weight is 333 g/mol. The molecule has 5 nitrogen and oxygen atoms in total. The van der Waals surface area contributed by atoms with Crippen molar-refractivity contribution in [3.8, 4) is 0 Å². The molecule has 0 spiro atoms. The fraction of sp³-hybridized carbons (Fsp3) is 0.294. The van der Waals surface area contributed by atoms with Crippen LogP contribution in [-0.4, -0.2) is 11.8 Å². The van der Waals surface area contributed by atoms with E-state index in [0.717, 1.165) is 18.4 Å². The lowest BCUT2D eigenvalue weighted by Crippen LogP contribution is -2.46. The molecular formula is C17H17ClN2O3. The molecule has 1 saturated carbocycles. The standard InChI is InChI=1S/C17H17ClN2O3/c1-10-8-14(11(2)23-10)15(21)19-20-16(22)17(6-7-17)12-4-3-5-13(18)9-12/h3-5,8-9H,6-7H2,1-2H3,(H,19,21)(H,20,22). The van der Waals surface area contributed by atoms with Gasteiger partial charge in [0.2, 0.25) is 5.91 Å². The summed E-state index contributed by atoms with van der Waals surface area (Å²) in [6, 6.07) is 8.90. The number of aryl methyl sites for hydroxylation is 2. The van der Waals surface area contributed by atoms with E-state index in [9.17, 15) is 9.59 Å². The summed E-state index contributed by atoms with van der Waals surface area (Å²) in [4.78, 5) is 24.6. The van der Waals surface area contributed by atoms with Gasteiger partial charge in [0, 0.05) is 5.02 Å². The van der Waals surface area contributed by atoms with Gasteiger partial charge in [0.15, 0.2) is 0 Å². The number of hydrogen-bond donors (Lipinski definition) is 2. The van der Waals surface area contributed by atoms with Gasteiger partial charge in [-0.2, -0.15) is 0 Å². The Morgan fingerprint density at radius 3 is 2.48 bits per heavy atom. The minimum atomic E-state index is -0.598. The Hall–Kier alpha value is -2.27. The van der Waals surface area contributed by atoms with E-state index >= 15 is 0 Å². The number of amides is 2. The van der Waals surface area contributed by atoms with E-state index in [1.807, 2.05) is 12.1 Å². The maximum atomic E-state index is 12.5. The summed E-state index contributed by atoms with van der Waals surface area (Å²) in [5.74, 6) is 0.544. The van der Waals surface area contributed by atoms with Crippen LogP contribution in [0.1, 0.15) is 40.3 Å². The molecule has 0 atom stereocenters. The molecule has 23 heavy (non-hydrogen) atoms. The van der Waals surface area contributed by atoms with E-state index in [1.165, 1.54) is 0 Å². The summed E-state index contributed by atoms with van der Waals surface area (Å²) in [6.07, 6.45) is 1.47. The summed E-state index contributed by atoms with van der Waals surface area (Å²) in [6.45, 7) is 3.47. The molecule has 2 amide bonds. The molecule has 2 aromatic rings. The lowest BCUT2D eigenvalue weighted by molar-refractivity contribution is -0.124. The first kappa shape index (κ1) is 15.6. The van der Waals surface area contributed by atoms with Crippen molar-refractivity contribution in [2.24, 2.45) is 0 Å². The van der Waals surface area contributed by atoms with Crippen LogP contribution in [0.5, 0.6) is 0 Å². The molecule has 0 unspecified atom stereocenters. The van der Waals surface area contributed by atoms with Crippen molar-refractivity contribution in [2.45, 2.75) is 32.1 Å². The van der Waals surface area contributed by atoms with Gasteiger partial charge in [-0.25, -0.2) is 0 Å². The minimum absolute atomic E-state index is 0.231. The SMILES string of the molecule is Cc1cc(C(=O)NNC(=O)C2(c3cccc(Cl)c3)CC2)c(C)o1. The molecule has 1 aliphatic carbocycles. The van der Waals surface area contributed by atoms with Gasteiger partial charge in [0.1, 0.15) is 11.5 Å². The van der Waals surface area contributed by atoms with Crippen molar-refractivity contribution >= 4 is 23.4 Å². The molecule has 0 radical (unpaired) electrons. The van der Waals surface area contributed by atoms with Crippen LogP contribution in [0.2, 0.25) is 5.02 Å². The molecule has 6 heteroatoms. The monoisotopic (exact) mass is 332 g/mol. The first-order valence-corrected chi connectivity index (χ1v) is 7.74.